The van der Waals surface area contributed by atoms with E-state index in [0.29, 0.717) is 55.2 Å². The number of para-hydroxylation sites is 2. The fourth-order valence-corrected chi connectivity index (χ4v) is 9.06. The van der Waals surface area contributed by atoms with Crippen LogP contribution in [0.25, 0.3) is 21.8 Å². The van der Waals surface area contributed by atoms with Crippen LogP contribution in [0.5, 0.6) is 23.0 Å². The Labute approximate surface area is 430 Å². The van der Waals surface area contributed by atoms with Gasteiger partial charge < -0.3 is 34.7 Å². The van der Waals surface area contributed by atoms with E-state index in [1.807, 2.05) is 18.2 Å². The maximum Gasteiger partial charge on any atom is 0.306 e. The van der Waals surface area contributed by atoms with Gasteiger partial charge >= 0.3 is 10.1 Å². The number of sulfonamides is 1. The molecule has 21 heteroatoms. The van der Waals surface area contributed by atoms with Crippen molar-refractivity contribution in [1.29, 1.82) is 0 Å². The number of phenols is 1. The van der Waals surface area contributed by atoms with Crippen LogP contribution in [-0.2, 0) is 34.5 Å². The maximum atomic E-state index is 13.1. The first-order valence-electron chi connectivity index (χ1n) is 21.9. The summed E-state index contributed by atoms with van der Waals surface area (Å²) in [5, 5.41) is 21.2. The van der Waals surface area contributed by atoms with Gasteiger partial charge in [-0.1, -0.05) is 83.9 Å². The first-order chi connectivity index (χ1) is 34.8. The predicted octanol–water partition coefficient (Wildman–Crippen LogP) is 8.72. The molecule has 0 spiro atoms. The number of fused-ring (bicyclic) bond motifs is 2. The number of rotatable bonds is 17. The van der Waals surface area contributed by atoms with E-state index in [4.69, 9.17) is 36.9 Å². The van der Waals surface area contributed by atoms with E-state index < -0.39 is 44.0 Å². The van der Waals surface area contributed by atoms with Crippen molar-refractivity contribution in [3.8, 4) is 23.0 Å². The van der Waals surface area contributed by atoms with Gasteiger partial charge in [0.25, 0.3) is 11.8 Å². The molecule has 0 aliphatic heterocycles. The number of halogens is 2. The molecule has 0 aliphatic carbocycles. The van der Waals surface area contributed by atoms with Gasteiger partial charge in [-0.3, -0.25) is 29.1 Å². The highest BCUT2D eigenvalue weighted by molar-refractivity contribution is 7.92. The highest BCUT2D eigenvalue weighted by Gasteiger charge is 2.28. The molecule has 2 atom stereocenters. The van der Waals surface area contributed by atoms with Crippen LogP contribution in [0.4, 0.5) is 11.4 Å². The number of nitrogens with zero attached hydrogens (tertiary/aromatic N) is 2. The molecule has 8 rings (SSSR count). The summed E-state index contributed by atoms with van der Waals surface area (Å²) in [6, 6.07) is 39.0. The quantitative estimate of drug-likeness (QED) is 0.0537. The smallest absolute Gasteiger partial charge is 0.306 e. The minimum atomic E-state index is -4.04. The van der Waals surface area contributed by atoms with Crippen molar-refractivity contribution in [2.45, 2.75) is 19.0 Å². The molecule has 0 fully saturated rings. The standard InChI is InChI=1S/C26H24ClN3O7S2.C26H22ClN3O4/c1-38(32,33)30-18-9-6-8-17(14-18)24(29-23(31)16-36-19-10-4-3-5-11-19)21-15-22(27)20-12-7-13-28-25(20)26(21)37-39(2,34)35;1-16(31)29-18-8-5-7-17(13-18)24(30-23(32)15-34-19-9-3-2-4-10-19)21-14-22(27)20-11-6-12-28-25(20)26(21)33/h3-15,24,30H,16H2,1-2H3,(H,29,31);2-14,24,33H,15H2,1H3,(H,29,31)(H,30,32). The van der Waals surface area contributed by atoms with Crippen molar-refractivity contribution in [1.82, 2.24) is 20.6 Å². The van der Waals surface area contributed by atoms with Gasteiger partial charge in [-0.25, -0.2) is 8.42 Å². The fraction of sp³-hybridized carbons (Fsp3) is 0.135. The van der Waals surface area contributed by atoms with Gasteiger partial charge in [-0.05, 0) is 96.1 Å². The number of aromatic hydroxyl groups is 1. The van der Waals surface area contributed by atoms with Crippen LogP contribution in [0.1, 0.15) is 41.3 Å². The van der Waals surface area contributed by atoms with Gasteiger partial charge in [-0.2, -0.15) is 8.42 Å². The van der Waals surface area contributed by atoms with E-state index >= 15 is 0 Å². The third-order valence-corrected chi connectivity index (χ3v) is 12.1. The van der Waals surface area contributed by atoms with Crippen molar-refractivity contribution < 1.29 is 50.0 Å². The minimum Gasteiger partial charge on any atom is -0.505 e. The number of anilines is 2. The van der Waals surface area contributed by atoms with Gasteiger partial charge in [0.1, 0.15) is 28.3 Å². The maximum absolute atomic E-state index is 13.1. The molecule has 17 nitrogen and oxygen atoms in total. The number of hydrogen-bond donors (Lipinski definition) is 5. The Kier molecular flexibility index (Phi) is 17.0. The molecule has 8 aromatic rings. The van der Waals surface area contributed by atoms with Gasteiger partial charge in [-0.15, -0.1) is 0 Å². The summed E-state index contributed by atoms with van der Waals surface area (Å²) < 4.78 is 67.1. The second-order valence-electron chi connectivity index (χ2n) is 16.2. The fourth-order valence-electron chi connectivity index (χ4n) is 7.49. The summed E-state index contributed by atoms with van der Waals surface area (Å²) >= 11 is 13.1. The number of phenolic OH excluding ortho intramolecular Hbond substituents is 1. The second kappa shape index (κ2) is 23.5. The van der Waals surface area contributed by atoms with E-state index in [0.717, 1.165) is 12.5 Å². The molecule has 2 aromatic heterocycles. The molecule has 0 saturated carbocycles. The highest BCUT2D eigenvalue weighted by Crippen LogP contribution is 2.41. The van der Waals surface area contributed by atoms with E-state index in [9.17, 15) is 36.3 Å². The van der Waals surface area contributed by atoms with Crippen LogP contribution in [-0.4, -0.2) is 75.4 Å². The van der Waals surface area contributed by atoms with Crippen LogP contribution < -0.4 is 34.3 Å². The number of carbonyl (C=O) groups excluding carboxylic acids is 3. The lowest BCUT2D eigenvalue weighted by molar-refractivity contribution is -0.124. The molecule has 2 heterocycles. The van der Waals surface area contributed by atoms with Crippen molar-refractivity contribution in [2.24, 2.45) is 0 Å². The third kappa shape index (κ3) is 14.6. The zero-order valence-corrected chi connectivity index (χ0v) is 42.2. The van der Waals surface area contributed by atoms with Crippen molar-refractivity contribution in [3.63, 3.8) is 0 Å². The number of carbonyl (C=O) groups is 3. The molecule has 6 aromatic carbocycles. The normalized spacial score (nSPS) is 12.1. The van der Waals surface area contributed by atoms with Gasteiger partial charge in [0.05, 0.1) is 34.6 Å². The average Bonchev–Trinajstić information content (AvgIpc) is 3.35. The summed E-state index contributed by atoms with van der Waals surface area (Å²) in [5.74, 6) is -0.379. The average molecular weight is 1070 g/mol. The Morgan fingerprint density at radius 1 is 0.603 bits per heavy atom. The Bertz CT molecular complexity index is 3540. The topological polar surface area (TPSA) is 241 Å². The first kappa shape index (κ1) is 52.8. The summed E-state index contributed by atoms with van der Waals surface area (Å²) in [6.07, 6.45) is 4.90. The summed E-state index contributed by atoms with van der Waals surface area (Å²) in [4.78, 5) is 46.0. The Morgan fingerprint density at radius 3 is 1.60 bits per heavy atom. The molecule has 5 N–H and O–H groups in total. The molecule has 0 radical (unpaired) electrons. The summed E-state index contributed by atoms with van der Waals surface area (Å²) in [7, 11) is -7.65. The molecule has 3 amide bonds. The summed E-state index contributed by atoms with van der Waals surface area (Å²) in [6.45, 7) is 0.823. The molecule has 0 aliphatic rings. The SMILES string of the molecule is CC(=O)Nc1cccc(C(NC(=O)COc2ccccc2)c2cc(Cl)c3cccnc3c2O)c1.CS(=O)(=O)Nc1cccc(C(NC(=O)COc2ccccc2)c2cc(Cl)c3cccnc3c2OS(C)(=O)=O)c1. The zero-order valence-electron chi connectivity index (χ0n) is 39.1. The van der Waals surface area contributed by atoms with Crippen LogP contribution in [0, 0.1) is 0 Å². The molecular weight excluding hydrogens is 1020 g/mol. The van der Waals surface area contributed by atoms with E-state index in [1.54, 1.807) is 115 Å². The number of aromatic nitrogens is 2. The predicted molar refractivity (Wildman–Crippen MR) is 280 cm³/mol. The monoisotopic (exact) mass is 1060 g/mol. The van der Waals surface area contributed by atoms with Crippen LogP contribution in [0.2, 0.25) is 10.0 Å². The van der Waals surface area contributed by atoms with E-state index in [2.05, 4.69) is 30.6 Å². The molecule has 2 unspecified atom stereocenters. The van der Waals surface area contributed by atoms with Crippen molar-refractivity contribution in [2.75, 3.05) is 35.8 Å². The molecule has 376 valence electrons. The molecule has 0 saturated heterocycles. The van der Waals surface area contributed by atoms with Crippen molar-refractivity contribution in [3.05, 3.63) is 190 Å². The summed E-state index contributed by atoms with van der Waals surface area (Å²) in [5.41, 5.74) is 2.84. The minimum absolute atomic E-state index is 0.0980. The second-order valence-corrected chi connectivity index (χ2v) is 20.3. The van der Waals surface area contributed by atoms with Crippen molar-refractivity contribution >= 4 is 94.2 Å². The largest absolute Gasteiger partial charge is 0.505 e. The lowest BCUT2D eigenvalue weighted by atomic mass is 9.95. The number of ether oxygens (including phenoxy) is 2. The lowest BCUT2D eigenvalue weighted by Gasteiger charge is -2.24. The van der Waals surface area contributed by atoms with E-state index in [1.165, 1.54) is 31.3 Å². The van der Waals surface area contributed by atoms with Crippen LogP contribution in [0.15, 0.2) is 158 Å². The number of amides is 3. The van der Waals surface area contributed by atoms with E-state index in [-0.39, 0.29) is 52.4 Å². The third-order valence-electron chi connectivity index (χ3n) is 10.4. The Morgan fingerprint density at radius 2 is 1.08 bits per heavy atom. The highest BCUT2D eigenvalue weighted by atomic mass is 35.5. The number of benzene rings is 6. The van der Waals surface area contributed by atoms with Gasteiger partial charge in [0.2, 0.25) is 15.9 Å². The first-order valence-corrected chi connectivity index (χ1v) is 26.4. The number of nitrogens with one attached hydrogen (secondary N) is 4. The van der Waals surface area contributed by atoms with Crippen LogP contribution in [0.3, 0.4) is 0 Å². The Balaban J connectivity index is 0.000000216. The molecule has 73 heavy (non-hydrogen) atoms. The van der Waals surface area contributed by atoms with Crippen LogP contribution >= 0.6 is 23.2 Å². The van der Waals surface area contributed by atoms with Gasteiger partial charge in [0.15, 0.2) is 19.0 Å². The zero-order chi connectivity index (χ0) is 52.3. The molecule has 0 bridgehead atoms. The van der Waals surface area contributed by atoms with Gasteiger partial charge in [0, 0.05) is 52.6 Å². The molecular formula is C52H46Cl2N6O11S2. The number of hydrogen-bond acceptors (Lipinski definition) is 13. The lowest BCUT2D eigenvalue weighted by Crippen LogP contribution is -2.33. The number of pyridine rings is 2. The Hall–Kier alpha value is -7.97.